The van der Waals surface area contributed by atoms with Crippen LogP contribution in [0.15, 0.2) is 36.9 Å². The van der Waals surface area contributed by atoms with Crippen LogP contribution in [0.4, 0.5) is 4.39 Å². The predicted octanol–water partition coefficient (Wildman–Crippen LogP) is 2.43. The Balaban J connectivity index is 2.92. The van der Waals surface area contributed by atoms with Crippen molar-refractivity contribution in [1.82, 2.24) is 4.90 Å². The van der Waals surface area contributed by atoms with Crippen LogP contribution < -0.4 is 0 Å². The molecule has 0 spiro atoms. The van der Waals surface area contributed by atoms with Crippen LogP contribution in [0.5, 0.6) is 0 Å². The Morgan fingerprint density at radius 2 is 2.12 bits per heavy atom. The van der Waals surface area contributed by atoms with Crippen LogP contribution >= 0.6 is 0 Å². The van der Waals surface area contributed by atoms with Gasteiger partial charge in [-0.1, -0.05) is 12.0 Å². The molecule has 0 aliphatic carbocycles. The van der Waals surface area contributed by atoms with E-state index in [2.05, 4.69) is 18.5 Å². The molecule has 0 saturated heterocycles. The van der Waals surface area contributed by atoms with Crippen molar-refractivity contribution in [1.29, 1.82) is 0 Å². The Morgan fingerprint density at radius 3 is 2.62 bits per heavy atom. The minimum atomic E-state index is -0.367. The first-order valence-corrected chi connectivity index (χ1v) is 4.79. The molecule has 0 fully saturated rings. The maximum atomic E-state index is 12.7. The number of hydrogen-bond donors (Lipinski definition) is 0. The van der Waals surface area contributed by atoms with Crippen molar-refractivity contribution in [2.24, 2.45) is 0 Å². The lowest BCUT2D eigenvalue weighted by Gasteiger charge is -2.13. The van der Waals surface area contributed by atoms with Crippen LogP contribution in [-0.4, -0.2) is 17.4 Å². The highest BCUT2D eigenvalue weighted by Gasteiger charge is 2.12. The van der Waals surface area contributed by atoms with Gasteiger partial charge in [-0.05, 0) is 31.2 Å². The number of amides is 1. The van der Waals surface area contributed by atoms with Crippen molar-refractivity contribution in [3.8, 4) is 12.0 Å². The fraction of sp³-hybridized carbons (Fsp3) is 0.154. The molecule has 0 aliphatic heterocycles. The number of nitrogens with zero attached hydrogens (tertiary/aromatic N) is 1. The third-order valence-corrected chi connectivity index (χ3v) is 1.89. The van der Waals surface area contributed by atoms with E-state index in [0.717, 1.165) is 0 Å². The van der Waals surface area contributed by atoms with Gasteiger partial charge in [-0.25, -0.2) is 4.39 Å². The van der Waals surface area contributed by atoms with Gasteiger partial charge in [0.2, 0.25) is 0 Å². The van der Waals surface area contributed by atoms with Crippen LogP contribution in [0, 0.1) is 17.8 Å². The quantitative estimate of drug-likeness (QED) is 0.432. The highest BCUT2D eigenvalue weighted by atomic mass is 19.1. The molecule has 0 aliphatic rings. The second kappa shape index (κ2) is 5.72. The lowest BCUT2D eigenvalue weighted by atomic mass is 10.2. The van der Waals surface area contributed by atoms with Gasteiger partial charge in [0.05, 0.1) is 6.54 Å². The van der Waals surface area contributed by atoms with Crippen molar-refractivity contribution in [2.75, 3.05) is 6.54 Å². The average Bonchev–Trinajstić information content (AvgIpc) is 2.29. The third kappa shape index (κ3) is 2.96. The van der Waals surface area contributed by atoms with Gasteiger partial charge in [0, 0.05) is 11.6 Å². The van der Waals surface area contributed by atoms with E-state index in [1.54, 1.807) is 13.0 Å². The van der Waals surface area contributed by atoms with Crippen molar-refractivity contribution in [3.63, 3.8) is 0 Å². The van der Waals surface area contributed by atoms with Gasteiger partial charge in [0.15, 0.2) is 0 Å². The third-order valence-electron chi connectivity index (χ3n) is 1.89. The van der Waals surface area contributed by atoms with E-state index in [0.29, 0.717) is 12.1 Å². The molecule has 82 valence electrons. The summed E-state index contributed by atoms with van der Waals surface area (Å²) in [6, 6.07) is 8.03. The molecule has 0 heterocycles. The van der Waals surface area contributed by atoms with E-state index >= 15 is 0 Å². The zero-order chi connectivity index (χ0) is 12.0. The first kappa shape index (κ1) is 12.0. The van der Waals surface area contributed by atoms with Crippen molar-refractivity contribution in [3.05, 3.63) is 48.3 Å². The highest BCUT2D eigenvalue weighted by Crippen LogP contribution is 2.06. The number of benzene rings is 1. The maximum Gasteiger partial charge on any atom is 0.265 e. The summed E-state index contributed by atoms with van der Waals surface area (Å²) in [5.41, 5.74) is 0.408. The monoisotopic (exact) mass is 217 g/mol. The molecule has 0 unspecified atom stereocenters. The lowest BCUT2D eigenvalue weighted by Crippen LogP contribution is -2.26. The molecule has 0 saturated carbocycles. The number of hydrogen-bond acceptors (Lipinski definition) is 1. The van der Waals surface area contributed by atoms with Crippen LogP contribution in [0.1, 0.15) is 17.3 Å². The first-order chi connectivity index (χ1) is 7.69. The summed E-state index contributed by atoms with van der Waals surface area (Å²) in [5, 5.41) is 0. The fourth-order valence-corrected chi connectivity index (χ4v) is 1.19. The Hall–Kier alpha value is -2.08. The average molecular weight is 217 g/mol. The molecule has 2 nitrogen and oxygen atoms in total. The van der Waals surface area contributed by atoms with Gasteiger partial charge in [-0.3, -0.25) is 9.69 Å². The molecule has 0 N–H and O–H groups in total. The smallest absolute Gasteiger partial charge is 0.265 e. The number of rotatable bonds is 3. The number of halogens is 1. The predicted molar refractivity (Wildman–Crippen MR) is 61.1 cm³/mol. The molecule has 1 aromatic carbocycles. The highest BCUT2D eigenvalue weighted by molar-refractivity contribution is 5.95. The summed E-state index contributed by atoms with van der Waals surface area (Å²) in [5.74, 6) is 2.03. The number of carbonyl (C=O) groups is 1. The molecule has 0 atom stereocenters. The first-order valence-electron chi connectivity index (χ1n) is 4.79. The number of carbonyl (C=O) groups excluding carboxylic acids is 1. The minimum absolute atomic E-state index is 0.255. The summed E-state index contributed by atoms with van der Waals surface area (Å²) in [4.78, 5) is 13.2. The zero-order valence-corrected chi connectivity index (χ0v) is 9.03. The van der Waals surface area contributed by atoms with Crippen LogP contribution in [0.2, 0.25) is 0 Å². The Morgan fingerprint density at radius 1 is 1.50 bits per heavy atom. The Labute approximate surface area is 94.4 Å². The summed E-state index contributed by atoms with van der Waals surface area (Å²) in [6.45, 7) is 5.54. The largest absolute Gasteiger partial charge is 0.268 e. The molecule has 0 bridgehead atoms. The van der Waals surface area contributed by atoms with E-state index in [1.807, 2.05) is 0 Å². The summed E-state index contributed by atoms with van der Waals surface area (Å²) >= 11 is 0. The fourth-order valence-electron chi connectivity index (χ4n) is 1.19. The second-order valence-corrected chi connectivity index (χ2v) is 3.07. The molecular formula is C13H12FNO. The minimum Gasteiger partial charge on any atom is -0.268 e. The van der Waals surface area contributed by atoms with Crippen LogP contribution in [-0.2, 0) is 0 Å². The normalized spacial score (nSPS) is 8.88. The molecule has 1 amide bonds. The van der Waals surface area contributed by atoms with Gasteiger partial charge < -0.3 is 0 Å². The molecule has 0 radical (unpaired) electrons. The van der Waals surface area contributed by atoms with Crippen molar-refractivity contribution >= 4 is 5.91 Å². The van der Waals surface area contributed by atoms with Gasteiger partial charge in [-0.15, -0.1) is 6.58 Å². The molecular weight excluding hydrogens is 205 g/mol. The SMILES string of the molecule is C=CCN(C#CC)C(=O)c1ccc(F)cc1. The molecule has 0 aromatic heterocycles. The summed E-state index contributed by atoms with van der Waals surface area (Å²) in [7, 11) is 0. The van der Waals surface area contributed by atoms with E-state index in [-0.39, 0.29) is 11.7 Å². The van der Waals surface area contributed by atoms with E-state index in [1.165, 1.54) is 29.2 Å². The van der Waals surface area contributed by atoms with Crippen LogP contribution in [0.25, 0.3) is 0 Å². The van der Waals surface area contributed by atoms with E-state index in [9.17, 15) is 9.18 Å². The molecule has 1 aromatic rings. The van der Waals surface area contributed by atoms with Crippen LogP contribution in [0.3, 0.4) is 0 Å². The second-order valence-electron chi connectivity index (χ2n) is 3.07. The topological polar surface area (TPSA) is 20.3 Å². The lowest BCUT2D eigenvalue weighted by molar-refractivity contribution is 0.0846. The van der Waals surface area contributed by atoms with Crippen molar-refractivity contribution < 1.29 is 9.18 Å². The molecule has 16 heavy (non-hydrogen) atoms. The van der Waals surface area contributed by atoms with Crippen molar-refractivity contribution in [2.45, 2.75) is 6.92 Å². The Kier molecular flexibility index (Phi) is 4.28. The van der Waals surface area contributed by atoms with Gasteiger partial charge in [0.1, 0.15) is 5.82 Å². The molecule has 3 heteroatoms. The van der Waals surface area contributed by atoms with Gasteiger partial charge >= 0.3 is 0 Å². The van der Waals surface area contributed by atoms with E-state index < -0.39 is 0 Å². The standard InChI is InChI=1S/C13H12FNO/c1-3-9-15(10-4-2)13(16)11-5-7-12(14)8-6-11/h3,5-8H,1,9H2,2H3. The molecule has 1 rings (SSSR count). The zero-order valence-electron chi connectivity index (χ0n) is 9.03. The Bertz CT molecular complexity index is 439. The van der Waals surface area contributed by atoms with E-state index in [4.69, 9.17) is 0 Å². The van der Waals surface area contributed by atoms with Gasteiger partial charge in [0.25, 0.3) is 5.91 Å². The summed E-state index contributed by atoms with van der Waals surface area (Å²) < 4.78 is 12.7. The van der Waals surface area contributed by atoms with Gasteiger partial charge in [-0.2, -0.15) is 0 Å². The maximum absolute atomic E-state index is 12.7. The summed E-state index contributed by atoms with van der Waals surface area (Å²) in [6.07, 6.45) is 1.59.